The first kappa shape index (κ1) is 19.0. The standard InChI is InChI=1S/C21H17ClN8O/c1-12(26-21(31)17-19(23)27-29-9-5-8-24-20(17)29)14-10-15(22)16-11-25-28-30(16)18(14)13-6-3-2-4-7-13/h2-12H,1H3,(H2,23,27)(H,26,31). The number of benzene rings is 1. The van der Waals surface area contributed by atoms with Crippen LogP contribution in [0.15, 0.2) is 61.1 Å². The number of nitrogens with two attached hydrogens (primary N) is 1. The zero-order valence-electron chi connectivity index (χ0n) is 16.4. The van der Waals surface area contributed by atoms with Gasteiger partial charge in [0.25, 0.3) is 5.91 Å². The molecule has 3 N–H and O–H groups in total. The first-order valence-electron chi connectivity index (χ1n) is 9.52. The molecule has 0 spiro atoms. The number of nitrogen functional groups attached to an aromatic ring is 1. The Bertz CT molecular complexity index is 1430. The van der Waals surface area contributed by atoms with Gasteiger partial charge in [-0.05, 0) is 19.1 Å². The highest BCUT2D eigenvalue weighted by molar-refractivity contribution is 6.34. The lowest BCUT2D eigenvalue weighted by Gasteiger charge is -2.19. The molecule has 31 heavy (non-hydrogen) atoms. The third-order valence-electron chi connectivity index (χ3n) is 5.07. The summed E-state index contributed by atoms with van der Waals surface area (Å²) in [5, 5.41) is 15.8. The number of carbonyl (C=O) groups is 1. The van der Waals surface area contributed by atoms with Gasteiger partial charge < -0.3 is 11.1 Å². The summed E-state index contributed by atoms with van der Waals surface area (Å²) in [6.07, 6.45) is 4.88. The van der Waals surface area contributed by atoms with Crippen LogP contribution in [-0.2, 0) is 0 Å². The van der Waals surface area contributed by atoms with Crippen LogP contribution in [0.1, 0.15) is 28.9 Å². The summed E-state index contributed by atoms with van der Waals surface area (Å²) in [7, 11) is 0. The van der Waals surface area contributed by atoms with Gasteiger partial charge in [-0.15, -0.1) is 10.2 Å². The van der Waals surface area contributed by atoms with Crippen molar-refractivity contribution in [2.75, 3.05) is 5.73 Å². The molecule has 1 atom stereocenters. The topological polar surface area (TPSA) is 116 Å². The Morgan fingerprint density at radius 1 is 1.23 bits per heavy atom. The molecule has 1 unspecified atom stereocenters. The third kappa shape index (κ3) is 3.15. The Morgan fingerprint density at radius 3 is 2.84 bits per heavy atom. The molecule has 0 bridgehead atoms. The summed E-state index contributed by atoms with van der Waals surface area (Å²) in [5.74, 6) is -0.274. The molecule has 0 saturated carbocycles. The van der Waals surface area contributed by atoms with Gasteiger partial charge in [0.2, 0.25) is 0 Å². The van der Waals surface area contributed by atoms with Gasteiger partial charge in [0, 0.05) is 23.5 Å². The van der Waals surface area contributed by atoms with E-state index in [9.17, 15) is 4.79 Å². The molecule has 154 valence electrons. The fourth-order valence-electron chi connectivity index (χ4n) is 3.65. The van der Waals surface area contributed by atoms with Crippen molar-refractivity contribution in [2.24, 2.45) is 0 Å². The average Bonchev–Trinajstić information content (AvgIpc) is 3.38. The summed E-state index contributed by atoms with van der Waals surface area (Å²) < 4.78 is 3.16. The third-order valence-corrected chi connectivity index (χ3v) is 5.37. The van der Waals surface area contributed by atoms with Crippen LogP contribution in [0.5, 0.6) is 0 Å². The van der Waals surface area contributed by atoms with Crippen LogP contribution in [0.2, 0.25) is 5.02 Å². The molecule has 10 heteroatoms. The number of hydrogen-bond donors (Lipinski definition) is 2. The van der Waals surface area contributed by atoms with Crippen molar-refractivity contribution in [2.45, 2.75) is 13.0 Å². The minimum absolute atomic E-state index is 0.108. The highest BCUT2D eigenvalue weighted by Gasteiger charge is 2.24. The number of fused-ring (bicyclic) bond motifs is 2. The fraction of sp³-hybridized carbons (Fsp3) is 0.0952. The fourth-order valence-corrected chi connectivity index (χ4v) is 3.89. The van der Waals surface area contributed by atoms with Crippen molar-refractivity contribution in [1.82, 2.24) is 34.7 Å². The number of amides is 1. The number of rotatable bonds is 4. The van der Waals surface area contributed by atoms with Crippen LogP contribution in [0.4, 0.5) is 5.82 Å². The van der Waals surface area contributed by atoms with E-state index in [1.54, 1.807) is 29.2 Å². The van der Waals surface area contributed by atoms with Crippen LogP contribution < -0.4 is 11.1 Å². The number of nitrogens with one attached hydrogen (secondary N) is 1. The van der Waals surface area contributed by atoms with Crippen molar-refractivity contribution in [3.05, 3.63) is 77.2 Å². The summed E-state index contributed by atoms with van der Waals surface area (Å²) in [5.41, 5.74) is 9.78. The Morgan fingerprint density at radius 2 is 2.03 bits per heavy atom. The van der Waals surface area contributed by atoms with Crippen LogP contribution in [0, 0.1) is 0 Å². The lowest BCUT2D eigenvalue weighted by Crippen LogP contribution is -2.28. The summed E-state index contributed by atoms with van der Waals surface area (Å²) in [6.45, 7) is 1.87. The number of nitrogens with zero attached hydrogens (tertiary/aromatic N) is 6. The molecule has 5 aromatic rings. The van der Waals surface area contributed by atoms with Gasteiger partial charge in [-0.1, -0.05) is 47.1 Å². The maximum atomic E-state index is 13.1. The van der Waals surface area contributed by atoms with E-state index in [2.05, 4.69) is 25.7 Å². The maximum Gasteiger partial charge on any atom is 0.259 e. The minimum Gasteiger partial charge on any atom is -0.381 e. The first-order chi connectivity index (χ1) is 15.0. The molecular formula is C21H17ClN8O. The molecule has 1 aromatic carbocycles. The predicted octanol–water partition coefficient (Wildman–Crippen LogP) is 3.17. The van der Waals surface area contributed by atoms with E-state index in [1.807, 2.05) is 43.3 Å². The minimum atomic E-state index is -0.424. The molecule has 4 aromatic heterocycles. The molecular weight excluding hydrogens is 416 g/mol. The monoisotopic (exact) mass is 432 g/mol. The molecule has 0 aliphatic rings. The SMILES string of the molecule is CC(NC(=O)c1c(N)nn2cccnc12)c1cc(Cl)c2cnnn2c1-c1ccccc1. The normalized spacial score (nSPS) is 12.3. The maximum absolute atomic E-state index is 13.1. The summed E-state index contributed by atoms with van der Waals surface area (Å²) >= 11 is 6.49. The second kappa shape index (κ2) is 7.37. The lowest BCUT2D eigenvalue weighted by atomic mass is 10.00. The van der Waals surface area contributed by atoms with Crippen LogP contribution >= 0.6 is 11.6 Å². The van der Waals surface area contributed by atoms with Crippen LogP contribution in [-0.4, -0.2) is 35.3 Å². The van der Waals surface area contributed by atoms with E-state index in [-0.39, 0.29) is 17.3 Å². The van der Waals surface area contributed by atoms with Gasteiger partial charge in [-0.2, -0.15) is 0 Å². The van der Waals surface area contributed by atoms with Crippen LogP contribution in [0.3, 0.4) is 0 Å². The highest BCUT2D eigenvalue weighted by Crippen LogP contribution is 2.33. The van der Waals surface area contributed by atoms with Gasteiger partial charge >= 0.3 is 0 Å². The number of pyridine rings is 1. The quantitative estimate of drug-likeness (QED) is 0.450. The van der Waals surface area contributed by atoms with E-state index in [0.29, 0.717) is 16.2 Å². The Labute approximate surface area is 181 Å². The number of hydrogen-bond acceptors (Lipinski definition) is 6. The molecule has 4 heterocycles. The second-order valence-corrected chi connectivity index (χ2v) is 7.44. The summed E-state index contributed by atoms with van der Waals surface area (Å²) in [6, 6.07) is 12.9. The Kier molecular flexibility index (Phi) is 4.52. The van der Waals surface area contributed by atoms with Gasteiger partial charge in [0.05, 0.1) is 23.0 Å². The number of anilines is 1. The number of carbonyl (C=O) groups excluding carboxylic acids is 1. The molecule has 0 saturated heterocycles. The molecule has 1 amide bonds. The predicted molar refractivity (Wildman–Crippen MR) is 117 cm³/mol. The van der Waals surface area contributed by atoms with E-state index >= 15 is 0 Å². The second-order valence-electron chi connectivity index (χ2n) is 7.04. The van der Waals surface area contributed by atoms with E-state index in [0.717, 1.165) is 16.8 Å². The lowest BCUT2D eigenvalue weighted by molar-refractivity contribution is 0.0942. The molecule has 0 aliphatic heterocycles. The number of halogens is 1. The van der Waals surface area contributed by atoms with Crippen LogP contribution in [0.25, 0.3) is 22.4 Å². The Balaban J connectivity index is 1.59. The van der Waals surface area contributed by atoms with Crippen molar-refractivity contribution >= 4 is 34.5 Å². The van der Waals surface area contributed by atoms with E-state index in [1.165, 1.54) is 4.52 Å². The molecule has 0 radical (unpaired) electrons. The Hall–Kier alpha value is -3.98. The van der Waals surface area contributed by atoms with Gasteiger partial charge in [-0.3, -0.25) is 4.79 Å². The van der Waals surface area contributed by atoms with E-state index in [4.69, 9.17) is 17.3 Å². The van der Waals surface area contributed by atoms with Crippen molar-refractivity contribution < 1.29 is 4.79 Å². The molecule has 9 nitrogen and oxygen atoms in total. The zero-order valence-corrected chi connectivity index (χ0v) is 17.2. The zero-order chi connectivity index (χ0) is 21.5. The van der Waals surface area contributed by atoms with Crippen molar-refractivity contribution in [1.29, 1.82) is 0 Å². The molecule has 0 aliphatic carbocycles. The molecule has 5 rings (SSSR count). The van der Waals surface area contributed by atoms with Crippen molar-refractivity contribution in [3.63, 3.8) is 0 Å². The average molecular weight is 433 g/mol. The van der Waals surface area contributed by atoms with Crippen molar-refractivity contribution in [3.8, 4) is 11.3 Å². The van der Waals surface area contributed by atoms with Gasteiger partial charge in [0.1, 0.15) is 11.1 Å². The largest absolute Gasteiger partial charge is 0.381 e. The summed E-state index contributed by atoms with van der Waals surface area (Å²) in [4.78, 5) is 17.4. The highest BCUT2D eigenvalue weighted by atomic mass is 35.5. The smallest absolute Gasteiger partial charge is 0.259 e. The first-order valence-corrected chi connectivity index (χ1v) is 9.90. The molecule has 0 fully saturated rings. The number of aromatic nitrogens is 6. The van der Waals surface area contributed by atoms with E-state index < -0.39 is 6.04 Å². The van der Waals surface area contributed by atoms with Gasteiger partial charge in [-0.25, -0.2) is 14.0 Å². The van der Waals surface area contributed by atoms with Gasteiger partial charge in [0.15, 0.2) is 11.5 Å².